The summed E-state index contributed by atoms with van der Waals surface area (Å²) in [6.45, 7) is 3.69. The van der Waals surface area contributed by atoms with Gasteiger partial charge in [0.2, 0.25) is 0 Å². The van der Waals surface area contributed by atoms with Gasteiger partial charge in [-0.3, -0.25) is 4.99 Å². The molecule has 0 aliphatic heterocycles. The number of hydrogen-bond donors (Lipinski definition) is 0. The highest BCUT2D eigenvalue weighted by Gasteiger charge is 2.10. The lowest BCUT2D eigenvalue weighted by atomic mass is 9.93. The van der Waals surface area contributed by atoms with Crippen LogP contribution in [-0.4, -0.2) is 6.72 Å². The van der Waals surface area contributed by atoms with Gasteiger partial charge in [0.25, 0.3) is 0 Å². The normalized spacial score (nSPS) is 11.6. The standard InChI is InChI=1S/C17H11N/c1-18-15-10-13-6-2-4-11-8-9-12-5-3-7-14(15)17(12)16(11)13/h2-10H,1H2. The Labute approximate surface area is 105 Å². The van der Waals surface area contributed by atoms with Crippen LogP contribution < -0.4 is 0 Å². The van der Waals surface area contributed by atoms with Crippen molar-refractivity contribution < 1.29 is 0 Å². The Morgan fingerprint density at radius 1 is 0.722 bits per heavy atom. The number of nitrogens with zero attached hydrogens (tertiary/aromatic N) is 1. The van der Waals surface area contributed by atoms with E-state index in [1.165, 1.54) is 32.3 Å². The maximum absolute atomic E-state index is 4.17. The first-order valence-electron chi connectivity index (χ1n) is 6.02. The van der Waals surface area contributed by atoms with E-state index in [2.05, 4.69) is 66.3 Å². The SMILES string of the molecule is C=Nc1cc2cccc3ccc4cccc1c4c32. The van der Waals surface area contributed by atoms with Crippen LogP contribution in [0.3, 0.4) is 0 Å². The lowest BCUT2D eigenvalue weighted by molar-refractivity contribution is 1.62. The molecule has 4 aromatic carbocycles. The first-order valence-corrected chi connectivity index (χ1v) is 6.02. The van der Waals surface area contributed by atoms with Crippen molar-refractivity contribution in [3.8, 4) is 0 Å². The van der Waals surface area contributed by atoms with Crippen molar-refractivity contribution in [3.05, 3.63) is 54.6 Å². The molecule has 0 amide bonds. The van der Waals surface area contributed by atoms with Gasteiger partial charge in [0.1, 0.15) is 0 Å². The average molecular weight is 229 g/mol. The third-order valence-corrected chi connectivity index (χ3v) is 3.66. The molecule has 0 atom stereocenters. The summed E-state index contributed by atoms with van der Waals surface area (Å²) in [5, 5.41) is 7.60. The van der Waals surface area contributed by atoms with Crippen LogP contribution >= 0.6 is 0 Å². The molecule has 0 bridgehead atoms. The van der Waals surface area contributed by atoms with E-state index >= 15 is 0 Å². The van der Waals surface area contributed by atoms with Crippen molar-refractivity contribution in [2.75, 3.05) is 0 Å². The second kappa shape index (κ2) is 3.30. The fourth-order valence-electron chi connectivity index (χ4n) is 2.87. The second-order valence-electron chi connectivity index (χ2n) is 4.60. The molecule has 0 spiro atoms. The lowest BCUT2D eigenvalue weighted by Gasteiger charge is -2.12. The second-order valence-corrected chi connectivity index (χ2v) is 4.60. The summed E-state index contributed by atoms with van der Waals surface area (Å²) >= 11 is 0. The highest BCUT2D eigenvalue weighted by molar-refractivity contribution is 6.25. The van der Waals surface area contributed by atoms with Crippen LogP contribution in [-0.2, 0) is 0 Å². The number of hydrogen-bond acceptors (Lipinski definition) is 1. The molecule has 0 aliphatic rings. The van der Waals surface area contributed by atoms with E-state index in [0.29, 0.717) is 0 Å². The van der Waals surface area contributed by atoms with Gasteiger partial charge in [0.05, 0.1) is 5.69 Å². The predicted molar refractivity (Wildman–Crippen MR) is 79.4 cm³/mol. The summed E-state index contributed by atoms with van der Waals surface area (Å²) in [5.74, 6) is 0. The molecule has 0 fully saturated rings. The fraction of sp³-hybridized carbons (Fsp3) is 0. The average Bonchev–Trinajstić information content (AvgIpc) is 2.44. The Morgan fingerprint density at radius 2 is 1.39 bits per heavy atom. The van der Waals surface area contributed by atoms with Crippen molar-refractivity contribution in [2.24, 2.45) is 4.99 Å². The molecule has 4 aromatic rings. The third-order valence-electron chi connectivity index (χ3n) is 3.66. The summed E-state index contributed by atoms with van der Waals surface area (Å²) in [6.07, 6.45) is 0. The number of aliphatic imine (C=N–C) groups is 1. The topological polar surface area (TPSA) is 12.4 Å². The van der Waals surface area contributed by atoms with Gasteiger partial charge in [0.15, 0.2) is 0 Å². The zero-order valence-electron chi connectivity index (χ0n) is 9.85. The first kappa shape index (κ1) is 9.60. The molecule has 0 saturated heterocycles. The molecule has 84 valence electrons. The van der Waals surface area contributed by atoms with E-state index in [4.69, 9.17) is 0 Å². The van der Waals surface area contributed by atoms with Crippen molar-refractivity contribution in [3.63, 3.8) is 0 Å². The van der Waals surface area contributed by atoms with Gasteiger partial charge in [-0.2, -0.15) is 0 Å². The Bertz CT molecular complexity index is 890. The molecule has 0 unspecified atom stereocenters. The van der Waals surface area contributed by atoms with Gasteiger partial charge >= 0.3 is 0 Å². The summed E-state index contributed by atoms with van der Waals surface area (Å²) < 4.78 is 0. The van der Waals surface area contributed by atoms with E-state index in [9.17, 15) is 0 Å². The van der Waals surface area contributed by atoms with Crippen LogP contribution in [0.1, 0.15) is 0 Å². The summed E-state index contributed by atoms with van der Waals surface area (Å²) in [4.78, 5) is 4.17. The Kier molecular flexibility index (Phi) is 1.76. The summed E-state index contributed by atoms with van der Waals surface area (Å²) in [6, 6.07) is 19.2. The van der Waals surface area contributed by atoms with Crippen molar-refractivity contribution in [1.82, 2.24) is 0 Å². The molecule has 1 heteroatoms. The maximum atomic E-state index is 4.17. The fourth-order valence-corrected chi connectivity index (χ4v) is 2.87. The van der Waals surface area contributed by atoms with Gasteiger partial charge in [-0.1, -0.05) is 48.5 Å². The van der Waals surface area contributed by atoms with Crippen molar-refractivity contribution in [2.45, 2.75) is 0 Å². The smallest absolute Gasteiger partial charge is 0.0707 e. The Morgan fingerprint density at radius 3 is 2.17 bits per heavy atom. The number of rotatable bonds is 1. The monoisotopic (exact) mass is 229 g/mol. The minimum atomic E-state index is 0.965. The molecule has 0 radical (unpaired) electrons. The third kappa shape index (κ3) is 1.08. The van der Waals surface area contributed by atoms with E-state index < -0.39 is 0 Å². The van der Waals surface area contributed by atoms with Crippen LogP contribution in [0, 0.1) is 0 Å². The molecule has 0 aliphatic carbocycles. The Balaban J connectivity index is 2.47. The highest BCUT2D eigenvalue weighted by atomic mass is 14.7. The van der Waals surface area contributed by atoms with Crippen LogP contribution in [0.15, 0.2) is 59.6 Å². The van der Waals surface area contributed by atoms with Gasteiger partial charge in [-0.25, -0.2) is 0 Å². The minimum absolute atomic E-state index is 0.965. The van der Waals surface area contributed by atoms with Gasteiger partial charge in [0, 0.05) is 5.39 Å². The highest BCUT2D eigenvalue weighted by Crippen LogP contribution is 2.39. The molecule has 1 nitrogen and oxygen atoms in total. The van der Waals surface area contributed by atoms with E-state index in [0.717, 1.165) is 5.69 Å². The zero-order valence-corrected chi connectivity index (χ0v) is 9.85. The molecule has 0 saturated carbocycles. The summed E-state index contributed by atoms with van der Waals surface area (Å²) in [7, 11) is 0. The van der Waals surface area contributed by atoms with E-state index in [1.807, 2.05) is 0 Å². The molecular formula is C17H11N. The molecule has 0 aromatic heterocycles. The molecule has 0 N–H and O–H groups in total. The van der Waals surface area contributed by atoms with Crippen LogP contribution in [0.4, 0.5) is 5.69 Å². The van der Waals surface area contributed by atoms with E-state index in [-0.39, 0.29) is 0 Å². The quantitative estimate of drug-likeness (QED) is 0.324. The number of benzene rings is 4. The van der Waals surface area contributed by atoms with Crippen LogP contribution in [0.2, 0.25) is 0 Å². The molecular weight excluding hydrogens is 218 g/mol. The lowest BCUT2D eigenvalue weighted by Crippen LogP contribution is -1.83. The summed E-state index contributed by atoms with van der Waals surface area (Å²) in [5.41, 5.74) is 0.965. The predicted octanol–water partition coefficient (Wildman–Crippen LogP) is 4.92. The zero-order chi connectivity index (χ0) is 12.1. The van der Waals surface area contributed by atoms with Crippen molar-refractivity contribution in [1.29, 1.82) is 0 Å². The largest absolute Gasteiger partial charge is 0.264 e. The molecule has 0 heterocycles. The van der Waals surface area contributed by atoms with Crippen LogP contribution in [0.25, 0.3) is 32.3 Å². The molecule has 18 heavy (non-hydrogen) atoms. The van der Waals surface area contributed by atoms with E-state index in [1.54, 1.807) is 0 Å². The Hall–Kier alpha value is -2.41. The molecule has 4 rings (SSSR count). The van der Waals surface area contributed by atoms with Gasteiger partial charge in [-0.05, 0) is 39.7 Å². The van der Waals surface area contributed by atoms with Crippen molar-refractivity contribution >= 4 is 44.7 Å². The first-order chi connectivity index (χ1) is 8.88. The van der Waals surface area contributed by atoms with Gasteiger partial charge in [-0.15, -0.1) is 0 Å². The van der Waals surface area contributed by atoms with Crippen LogP contribution in [0.5, 0.6) is 0 Å². The maximum Gasteiger partial charge on any atom is 0.0707 e. The minimum Gasteiger partial charge on any atom is -0.264 e. The van der Waals surface area contributed by atoms with Gasteiger partial charge < -0.3 is 0 Å².